The van der Waals surface area contributed by atoms with Crippen LogP contribution in [0.25, 0.3) is 0 Å². The van der Waals surface area contributed by atoms with Crippen molar-refractivity contribution in [3.05, 3.63) is 29.8 Å². The summed E-state index contributed by atoms with van der Waals surface area (Å²) >= 11 is 0. The number of amides is 1. The number of anilines is 1. The Morgan fingerprint density at radius 3 is 2.14 bits per heavy atom. The topological polar surface area (TPSA) is 58.4 Å². The van der Waals surface area contributed by atoms with Gasteiger partial charge in [-0.15, -0.1) is 0 Å². The molecule has 0 heterocycles. The molecule has 1 amide bonds. The van der Waals surface area contributed by atoms with E-state index in [0.717, 1.165) is 36.2 Å². The van der Waals surface area contributed by atoms with Gasteiger partial charge in [0.15, 0.2) is 0 Å². The lowest BCUT2D eigenvalue weighted by Crippen LogP contribution is -2.36. The molecule has 2 saturated carbocycles. The molecular weight excluding hydrogens is 262 g/mol. The molecule has 2 aliphatic rings. The highest BCUT2D eigenvalue weighted by atomic mass is 16.2. The third-order valence-corrected chi connectivity index (χ3v) is 4.27. The molecule has 4 nitrogen and oxygen atoms in total. The van der Waals surface area contributed by atoms with Gasteiger partial charge in [0, 0.05) is 25.3 Å². The molecule has 0 atom stereocenters. The lowest BCUT2D eigenvalue weighted by Gasteiger charge is -2.21. The van der Waals surface area contributed by atoms with E-state index in [1.165, 1.54) is 25.7 Å². The summed E-state index contributed by atoms with van der Waals surface area (Å²) in [6, 6.07) is 7.77. The van der Waals surface area contributed by atoms with Crippen molar-refractivity contribution in [2.75, 3.05) is 25.0 Å². The summed E-state index contributed by atoms with van der Waals surface area (Å²) in [4.78, 5) is 14.5. The van der Waals surface area contributed by atoms with Crippen molar-refractivity contribution in [3.63, 3.8) is 0 Å². The maximum atomic E-state index is 12.2. The summed E-state index contributed by atoms with van der Waals surface area (Å²) in [5.41, 5.74) is 7.51. The van der Waals surface area contributed by atoms with Crippen LogP contribution in [-0.4, -0.2) is 30.4 Å². The van der Waals surface area contributed by atoms with Crippen molar-refractivity contribution in [1.29, 1.82) is 0 Å². The number of nitrogens with zero attached hydrogens (tertiary/aromatic N) is 1. The first-order valence-electron chi connectivity index (χ1n) is 8.04. The van der Waals surface area contributed by atoms with Gasteiger partial charge in [-0.05, 0) is 55.2 Å². The second kappa shape index (κ2) is 6.58. The fraction of sp³-hybridized carbons (Fsp3) is 0.588. The van der Waals surface area contributed by atoms with E-state index in [-0.39, 0.29) is 5.91 Å². The Morgan fingerprint density at radius 2 is 1.67 bits per heavy atom. The lowest BCUT2D eigenvalue weighted by molar-refractivity contribution is -0.117. The van der Waals surface area contributed by atoms with E-state index in [2.05, 4.69) is 10.2 Å². The van der Waals surface area contributed by atoms with Crippen molar-refractivity contribution in [3.8, 4) is 0 Å². The Morgan fingerprint density at radius 1 is 1.10 bits per heavy atom. The molecule has 0 bridgehead atoms. The van der Waals surface area contributed by atoms with Gasteiger partial charge in [0.1, 0.15) is 0 Å². The first kappa shape index (κ1) is 14.5. The number of nitrogens with two attached hydrogens (primary N) is 1. The molecule has 0 saturated heterocycles. The lowest BCUT2D eigenvalue weighted by atomic mass is 10.2. The fourth-order valence-corrected chi connectivity index (χ4v) is 2.66. The second-order valence-electron chi connectivity index (χ2n) is 6.53. The van der Waals surface area contributed by atoms with Crippen molar-refractivity contribution >= 4 is 11.6 Å². The van der Waals surface area contributed by atoms with Crippen LogP contribution in [0.3, 0.4) is 0 Å². The van der Waals surface area contributed by atoms with Crippen LogP contribution < -0.4 is 11.1 Å². The van der Waals surface area contributed by atoms with Gasteiger partial charge in [0.25, 0.3) is 0 Å². The summed E-state index contributed by atoms with van der Waals surface area (Å²) < 4.78 is 0. The molecule has 4 heteroatoms. The largest absolute Gasteiger partial charge is 0.326 e. The average Bonchev–Trinajstić information content (AvgIpc) is 3.36. The Hall–Kier alpha value is -1.39. The van der Waals surface area contributed by atoms with Gasteiger partial charge in [-0.25, -0.2) is 0 Å². The van der Waals surface area contributed by atoms with Gasteiger partial charge in [0.2, 0.25) is 5.91 Å². The van der Waals surface area contributed by atoms with E-state index in [1.54, 1.807) is 0 Å². The first-order chi connectivity index (χ1) is 10.2. The second-order valence-corrected chi connectivity index (χ2v) is 6.53. The standard InChI is InChI=1S/C17H25N3O/c18-9-13-5-7-16(8-6-13)19-17(21)12-20(10-14-1-2-14)11-15-3-4-15/h5-8,14-15H,1-4,9-12,18H2,(H,19,21). The SMILES string of the molecule is NCc1ccc(NC(=O)CN(CC2CC2)CC2CC2)cc1. The zero-order valence-electron chi connectivity index (χ0n) is 12.6. The highest BCUT2D eigenvalue weighted by Gasteiger charge is 2.29. The summed E-state index contributed by atoms with van der Waals surface area (Å²) in [7, 11) is 0. The van der Waals surface area contributed by atoms with E-state index in [1.807, 2.05) is 24.3 Å². The highest BCUT2D eigenvalue weighted by Crippen LogP contribution is 2.33. The fourth-order valence-electron chi connectivity index (χ4n) is 2.66. The van der Waals surface area contributed by atoms with Crippen LogP contribution in [0, 0.1) is 11.8 Å². The van der Waals surface area contributed by atoms with Gasteiger partial charge in [-0.2, -0.15) is 0 Å². The van der Waals surface area contributed by atoms with Crippen molar-refractivity contribution < 1.29 is 4.79 Å². The molecular formula is C17H25N3O. The molecule has 0 radical (unpaired) electrons. The Kier molecular flexibility index (Phi) is 4.56. The molecule has 0 spiro atoms. The quantitative estimate of drug-likeness (QED) is 0.770. The minimum absolute atomic E-state index is 0.0943. The number of benzene rings is 1. The molecule has 1 aromatic carbocycles. The van der Waals surface area contributed by atoms with Crippen LogP contribution in [0.4, 0.5) is 5.69 Å². The summed E-state index contributed by atoms with van der Waals surface area (Å²) in [5.74, 6) is 1.76. The van der Waals surface area contributed by atoms with Crippen molar-refractivity contribution in [2.45, 2.75) is 32.2 Å². The van der Waals surface area contributed by atoms with Gasteiger partial charge in [-0.1, -0.05) is 12.1 Å². The maximum Gasteiger partial charge on any atom is 0.238 e. The first-order valence-corrected chi connectivity index (χ1v) is 8.04. The molecule has 1 aromatic rings. The predicted octanol–water partition coefficient (Wildman–Crippen LogP) is 2.21. The zero-order valence-corrected chi connectivity index (χ0v) is 12.6. The molecule has 0 aromatic heterocycles. The van der Waals surface area contributed by atoms with E-state index in [0.29, 0.717) is 13.1 Å². The van der Waals surface area contributed by atoms with Gasteiger partial charge in [-0.3, -0.25) is 9.69 Å². The van der Waals surface area contributed by atoms with E-state index >= 15 is 0 Å². The van der Waals surface area contributed by atoms with Crippen LogP contribution >= 0.6 is 0 Å². The van der Waals surface area contributed by atoms with Crippen LogP contribution in [0.5, 0.6) is 0 Å². The minimum atomic E-state index is 0.0943. The molecule has 0 aliphatic heterocycles. The Bertz CT molecular complexity index is 463. The summed E-state index contributed by atoms with van der Waals surface area (Å²) in [6.45, 7) is 3.24. The van der Waals surface area contributed by atoms with Crippen molar-refractivity contribution in [2.24, 2.45) is 17.6 Å². The van der Waals surface area contributed by atoms with Crippen LogP contribution in [0.15, 0.2) is 24.3 Å². The van der Waals surface area contributed by atoms with E-state index < -0.39 is 0 Å². The average molecular weight is 287 g/mol. The van der Waals surface area contributed by atoms with Crippen LogP contribution in [-0.2, 0) is 11.3 Å². The molecule has 0 unspecified atom stereocenters. The number of hydrogen-bond acceptors (Lipinski definition) is 3. The van der Waals surface area contributed by atoms with Gasteiger partial charge >= 0.3 is 0 Å². The van der Waals surface area contributed by atoms with Gasteiger partial charge in [0.05, 0.1) is 6.54 Å². The zero-order chi connectivity index (χ0) is 14.7. The molecule has 3 rings (SSSR count). The minimum Gasteiger partial charge on any atom is -0.326 e. The number of carbonyl (C=O) groups is 1. The monoisotopic (exact) mass is 287 g/mol. The molecule has 2 aliphatic carbocycles. The number of nitrogens with one attached hydrogen (secondary N) is 1. The third-order valence-electron chi connectivity index (χ3n) is 4.27. The van der Waals surface area contributed by atoms with Gasteiger partial charge < -0.3 is 11.1 Å². The molecule has 3 N–H and O–H groups in total. The number of carbonyl (C=O) groups excluding carboxylic acids is 1. The normalized spacial score (nSPS) is 18.0. The Balaban J connectivity index is 1.49. The van der Waals surface area contributed by atoms with E-state index in [4.69, 9.17) is 5.73 Å². The van der Waals surface area contributed by atoms with Crippen molar-refractivity contribution in [1.82, 2.24) is 4.90 Å². The molecule has 2 fully saturated rings. The molecule has 114 valence electrons. The smallest absolute Gasteiger partial charge is 0.238 e. The maximum absolute atomic E-state index is 12.2. The van der Waals surface area contributed by atoms with Crippen LogP contribution in [0.2, 0.25) is 0 Å². The summed E-state index contributed by atoms with van der Waals surface area (Å²) in [5, 5.41) is 2.99. The van der Waals surface area contributed by atoms with Crippen LogP contribution in [0.1, 0.15) is 31.2 Å². The highest BCUT2D eigenvalue weighted by molar-refractivity contribution is 5.92. The summed E-state index contributed by atoms with van der Waals surface area (Å²) in [6.07, 6.45) is 5.35. The number of rotatable bonds is 8. The Labute approximate surface area is 126 Å². The van der Waals surface area contributed by atoms with E-state index in [9.17, 15) is 4.79 Å². The predicted molar refractivity (Wildman–Crippen MR) is 84.9 cm³/mol. The third kappa shape index (κ3) is 4.83. The molecule has 21 heavy (non-hydrogen) atoms. The number of hydrogen-bond donors (Lipinski definition) is 2.